The summed E-state index contributed by atoms with van der Waals surface area (Å²) in [6.45, 7) is 4.93. The molecule has 25 heavy (non-hydrogen) atoms. The van der Waals surface area contributed by atoms with Crippen molar-refractivity contribution in [3.8, 4) is 0 Å². The van der Waals surface area contributed by atoms with E-state index in [2.05, 4.69) is 29.5 Å². The Labute approximate surface area is 147 Å². The molecule has 0 unspecified atom stereocenters. The van der Waals surface area contributed by atoms with E-state index in [1.165, 1.54) is 0 Å². The highest BCUT2D eigenvalue weighted by Gasteiger charge is 2.14. The molecule has 0 aliphatic carbocycles. The topological polar surface area (TPSA) is 80.3 Å². The number of anilines is 1. The molecule has 0 aliphatic rings. The van der Waals surface area contributed by atoms with Crippen LogP contribution in [0.1, 0.15) is 46.3 Å². The van der Waals surface area contributed by atoms with E-state index in [0.29, 0.717) is 13.2 Å². The van der Waals surface area contributed by atoms with Crippen LogP contribution in [0.2, 0.25) is 0 Å². The van der Waals surface area contributed by atoms with Gasteiger partial charge in [0.15, 0.2) is 0 Å². The first-order chi connectivity index (χ1) is 12.0. The first-order valence-corrected chi connectivity index (χ1v) is 8.17. The molecule has 2 amide bonds. The lowest BCUT2D eigenvalue weighted by atomic mass is 10.0. The molecular weight excluding hydrogens is 318 g/mol. The van der Waals surface area contributed by atoms with Crippen molar-refractivity contribution in [3.05, 3.63) is 59.4 Å². The first kappa shape index (κ1) is 18.6. The van der Waals surface area contributed by atoms with Crippen LogP contribution in [0.4, 0.5) is 5.69 Å². The molecule has 0 saturated heterocycles. The maximum absolute atomic E-state index is 12.5. The maximum Gasteiger partial charge on any atom is 0.274 e. The summed E-state index contributed by atoms with van der Waals surface area (Å²) in [5.41, 5.74) is 2.18. The molecule has 6 heteroatoms. The molecule has 0 aliphatic heterocycles. The lowest BCUT2D eigenvalue weighted by Crippen LogP contribution is -2.28. The van der Waals surface area contributed by atoms with Gasteiger partial charge in [0.05, 0.1) is 6.61 Å². The highest BCUT2D eigenvalue weighted by Crippen LogP contribution is 2.24. The van der Waals surface area contributed by atoms with Crippen molar-refractivity contribution in [1.29, 1.82) is 0 Å². The average Bonchev–Trinajstić information content (AvgIpc) is 2.62. The van der Waals surface area contributed by atoms with Crippen LogP contribution in [-0.2, 0) is 4.74 Å². The summed E-state index contributed by atoms with van der Waals surface area (Å²) in [7, 11) is 1.56. The zero-order valence-electron chi connectivity index (χ0n) is 14.7. The molecule has 0 saturated carbocycles. The lowest BCUT2D eigenvalue weighted by Gasteiger charge is -2.13. The number of hydrogen-bond acceptors (Lipinski definition) is 4. The van der Waals surface area contributed by atoms with Gasteiger partial charge >= 0.3 is 0 Å². The standard InChI is InChI=1S/C19H23N3O3/c1-13(2)14-7-4-5-8-15(14)22-19(24)17-10-6-9-16(21-17)18(23)20-11-12-25-3/h4-10,13H,11-12H2,1-3H3,(H,20,23)(H,22,24). The summed E-state index contributed by atoms with van der Waals surface area (Å²) in [4.78, 5) is 28.7. The summed E-state index contributed by atoms with van der Waals surface area (Å²) >= 11 is 0. The Morgan fingerprint density at radius 1 is 1.04 bits per heavy atom. The number of aromatic nitrogens is 1. The fraction of sp³-hybridized carbons (Fsp3) is 0.316. The quantitative estimate of drug-likeness (QED) is 0.759. The Balaban J connectivity index is 2.13. The number of rotatable bonds is 7. The predicted molar refractivity (Wildman–Crippen MR) is 96.9 cm³/mol. The first-order valence-electron chi connectivity index (χ1n) is 8.17. The number of pyridine rings is 1. The largest absolute Gasteiger partial charge is 0.383 e. The summed E-state index contributed by atoms with van der Waals surface area (Å²) in [6, 6.07) is 12.4. The zero-order valence-corrected chi connectivity index (χ0v) is 14.7. The molecule has 0 spiro atoms. The van der Waals surface area contributed by atoms with E-state index < -0.39 is 0 Å². The molecule has 1 aromatic heterocycles. The SMILES string of the molecule is COCCNC(=O)c1cccc(C(=O)Nc2ccccc2C(C)C)n1. The van der Waals surface area contributed by atoms with Gasteiger partial charge in [0.25, 0.3) is 11.8 Å². The van der Waals surface area contributed by atoms with Gasteiger partial charge in [0.2, 0.25) is 0 Å². The van der Waals surface area contributed by atoms with E-state index in [9.17, 15) is 9.59 Å². The van der Waals surface area contributed by atoms with Crippen LogP contribution >= 0.6 is 0 Å². The number of carbonyl (C=O) groups excluding carboxylic acids is 2. The van der Waals surface area contributed by atoms with Gasteiger partial charge in [-0.2, -0.15) is 0 Å². The number of methoxy groups -OCH3 is 1. The van der Waals surface area contributed by atoms with Crippen molar-refractivity contribution in [1.82, 2.24) is 10.3 Å². The van der Waals surface area contributed by atoms with Crippen molar-refractivity contribution >= 4 is 17.5 Å². The Hall–Kier alpha value is -2.73. The second-order valence-electron chi connectivity index (χ2n) is 5.85. The van der Waals surface area contributed by atoms with Crippen LogP contribution in [0.5, 0.6) is 0 Å². The number of carbonyl (C=O) groups is 2. The minimum atomic E-state index is -0.348. The summed E-state index contributed by atoms with van der Waals surface area (Å²) in [5.74, 6) is -0.406. The number of nitrogens with zero attached hydrogens (tertiary/aromatic N) is 1. The van der Waals surface area contributed by atoms with E-state index in [1.54, 1.807) is 25.3 Å². The van der Waals surface area contributed by atoms with E-state index in [4.69, 9.17) is 4.74 Å². The van der Waals surface area contributed by atoms with Crippen LogP contribution in [0.15, 0.2) is 42.5 Å². The molecule has 1 aromatic carbocycles. The van der Waals surface area contributed by atoms with Crippen molar-refractivity contribution in [2.24, 2.45) is 0 Å². The molecule has 0 fully saturated rings. The fourth-order valence-corrected chi connectivity index (χ4v) is 2.35. The average molecular weight is 341 g/mol. The number of para-hydroxylation sites is 1. The van der Waals surface area contributed by atoms with Gasteiger partial charge in [-0.1, -0.05) is 38.1 Å². The van der Waals surface area contributed by atoms with Gasteiger partial charge in [0, 0.05) is 19.3 Å². The van der Waals surface area contributed by atoms with Crippen LogP contribution in [0.3, 0.4) is 0 Å². The second kappa shape index (κ2) is 8.94. The van der Waals surface area contributed by atoms with Crippen LogP contribution in [0.25, 0.3) is 0 Å². The fourth-order valence-electron chi connectivity index (χ4n) is 2.35. The highest BCUT2D eigenvalue weighted by molar-refractivity contribution is 6.04. The number of nitrogens with one attached hydrogen (secondary N) is 2. The maximum atomic E-state index is 12.5. The van der Waals surface area contributed by atoms with E-state index in [-0.39, 0.29) is 29.1 Å². The molecule has 2 rings (SSSR count). The molecule has 2 aromatic rings. The third-order valence-corrected chi connectivity index (χ3v) is 3.64. The molecular formula is C19H23N3O3. The Morgan fingerprint density at radius 2 is 1.72 bits per heavy atom. The van der Waals surface area contributed by atoms with Gasteiger partial charge in [0.1, 0.15) is 11.4 Å². The predicted octanol–water partition coefficient (Wildman–Crippen LogP) is 2.83. The van der Waals surface area contributed by atoms with E-state index in [1.807, 2.05) is 24.3 Å². The Kier molecular flexibility index (Phi) is 6.65. The highest BCUT2D eigenvalue weighted by atomic mass is 16.5. The molecule has 132 valence electrons. The smallest absolute Gasteiger partial charge is 0.274 e. The van der Waals surface area contributed by atoms with Crippen LogP contribution in [0, 0.1) is 0 Å². The molecule has 0 atom stereocenters. The van der Waals surface area contributed by atoms with Crippen molar-refractivity contribution in [3.63, 3.8) is 0 Å². The van der Waals surface area contributed by atoms with Gasteiger partial charge < -0.3 is 15.4 Å². The van der Waals surface area contributed by atoms with Gasteiger partial charge in [-0.05, 0) is 29.7 Å². The van der Waals surface area contributed by atoms with Gasteiger partial charge in [-0.3, -0.25) is 9.59 Å². The van der Waals surface area contributed by atoms with E-state index in [0.717, 1.165) is 11.3 Å². The molecule has 2 N–H and O–H groups in total. The second-order valence-corrected chi connectivity index (χ2v) is 5.85. The monoisotopic (exact) mass is 341 g/mol. The van der Waals surface area contributed by atoms with E-state index >= 15 is 0 Å². The number of amides is 2. The Morgan fingerprint density at radius 3 is 2.40 bits per heavy atom. The zero-order chi connectivity index (χ0) is 18.2. The molecule has 1 heterocycles. The van der Waals surface area contributed by atoms with Crippen molar-refractivity contribution < 1.29 is 14.3 Å². The van der Waals surface area contributed by atoms with Crippen LogP contribution in [-0.4, -0.2) is 37.1 Å². The summed E-state index contributed by atoms with van der Waals surface area (Å²) in [5, 5.41) is 5.56. The minimum absolute atomic E-state index is 0.193. The van der Waals surface area contributed by atoms with Crippen LogP contribution < -0.4 is 10.6 Å². The van der Waals surface area contributed by atoms with Crippen molar-refractivity contribution in [2.75, 3.05) is 25.6 Å². The normalized spacial score (nSPS) is 10.6. The lowest BCUT2D eigenvalue weighted by molar-refractivity contribution is 0.0932. The Bertz CT molecular complexity index is 744. The van der Waals surface area contributed by atoms with Crippen molar-refractivity contribution in [2.45, 2.75) is 19.8 Å². The third kappa shape index (κ3) is 5.12. The molecule has 0 bridgehead atoms. The molecule has 6 nitrogen and oxygen atoms in total. The summed E-state index contributed by atoms with van der Waals surface area (Å²) in [6.07, 6.45) is 0. The van der Waals surface area contributed by atoms with Gasteiger partial charge in [-0.15, -0.1) is 0 Å². The van der Waals surface area contributed by atoms with Gasteiger partial charge in [-0.25, -0.2) is 4.98 Å². The summed E-state index contributed by atoms with van der Waals surface area (Å²) < 4.78 is 4.89. The minimum Gasteiger partial charge on any atom is -0.383 e. The number of benzene rings is 1. The molecule has 0 radical (unpaired) electrons. The number of ether oxygens (including phenoxy) is 1. The third-order valence-electron chi connectivity index (χ3n) is 3.64. The number of hydrogen-bond donors (Lipinski definition) is 2.